The van der Waals surface area contributed by atoms with Crippen LogP contribution in [0.15, 0.2) is 12.7 Å². The summed E-state index contributed by atoms with van der Waals surface area (Å²) in [7, 11) is -2.01. The van der Waals surface area contributed by atoms with Crippen LogP contribution in [0.25, 0.3) is 0 Å². The zero-order valence-corrected chi connectivity index (χ0v) is 11.9. The summed E-state index contributed by atoms with van der Waals surface area (Å²) in [5, 5.41) is 7.60. The molecule has 0 atom stereocenters. The molecule has 1 N–H and O–H groups in total. The predicted octanol–water partition coefficient (Wildman–Crippen LogP) is -2.64. The molecule has 5 nitrogen and oxygen atoms in total. The molecule has 0 aliphatic rings. The molecule has 0 radical (unpaired) electrons. The van der Waals surface area contributed by atoms with E-state index in [2.05, 4.69) is 10.8 Å². The summed E-state index contributed by atoms with van der Waals surface area (Å²) in [6, 6.07) is 0. The Morgan fingerprint density at radius 3 is 2.00 bits per heavy atom. The van der Waals surface area contributed by atoms with Crippen molar-refractivity contribution >= 4 is 16.1 Å². The summed E-state index contributed by atoms with van der Waals surface area (Å²) in [5.74, 6) is -0.936. The first-order valence-electron chi connectivity index (χ1n) is 3.03. The molecule has 0 saturated heterocycles. The van der Waals surface area contributed by atoms with Crippen molar-refractivity contribution in [1.29, 1.82) is 0 Å². The van der Waals surface area contributed by atoms with Crippen LogP contribution in [-0.2, 0) is 19.1 Å². The minimum atomic E-state index is -3.16. The van der Waals surface area contributed by atoms with Gasteiger partial charge in [-0.1, -0.05) is 6.58 Å². The van der Waals surface area contributed by atoms with Crippen LogP contribution >= 0.6 is 0 Å². The maximum absolute atomic E-state index is 10.1. The Kier molecular flexibility index (Phi) is 16.1. The van der Waals surface area contributed by atoms with Crippen molar-refractivity contribution in [3.05, 3.63) is 12.7 Å². The van der Waals surface area contributed by atoms with E-state index in [1.54, 1.807) is 0 Å². The molecule has 0 saturated carbocycles. The Morgan fingerprint density at radius 2 is 2.00 bits per heavy atom. The first kappa shape index (κ1) is 19.3. The summed E-state index contributed by atoms with van der Waals surface area (Å²) in [4.78, 5) is 9.25. The SMILES string of the molecule is C=CC(=O)O.CCS(=O)(=O)OC.[H-].[K+]. The number of hydrogen-bond acceptors (Lipinski definition) is 4. The zero-order valence-electron chi connectivity index (χ0n) is 8.98. The van der Waals surface area contributed by atoms with Gasteiger partial charge in [-0.15, -0.1) is 0 Å². The Labute approximate surface area is 122 Å². The van der Waals surface area contributed by atoms with Crippen molar-refractivity contribution < 1.29 is 75.3 Å². The van der Waals surface area contributed by atoms with E-state index in [9.17, 15) is 13.2 Å². The van der Waals surface area contributed by atoms with Gasteiger partial charge in [0.15, 0.2) is 0 Å². The topological polar surface area (TPSA) is 80.7 Å². The Bertz CT molecular complexity index is 229. The van der Waals surface area contributed by atoms with E-state index in [-0.39, 0.29) is 58.6 Å². The number of rotatable bonds is 3. The van der Waals surface area contributed by atoms with Crippen LogP contribution in [0.5, 0.6) is 0 Å². The summed E-state index contributed by atoms with van der Waals surface area (Å²) in [6.07, 6.45) is 0.833. The molecule has 7 heteroatoms. The first-order valence-corrected chi connectivity index (χ1v) is 4.61. The van der Waals surface area contributed by atoms with Gasteiger partial charge >= 0.3 is 57.4 Å². The molecule has 0 aliphatic heterocycles. The second-order valence-electron chi connectivity index (χ2n) is 1.56. The van der Waals surface area contributed by atoms with E-state index in [0.29, 0.717) is 0 Å². The smallest absolute Gasteiger partial charge is 1.00 e. The summed E-state index contributed by atoms with van der Waals surface area (Å²) in [5.41, 5.74) is 0. The van der Waals surface area contributed by atoms with Crippen LogP contribution in [0.1, 0.15) is 8.35 Å². The number of aliphatic carboxylic acids is 1. The molecule has 0 spiro atoms. The van der Waals surface area contributed by atoms with Gasteiger partial charge in [-0.3, -0.25) is 4.18 Å². The summed E-state index contributed by atoms with van der Waals surface area (Å²) in [6.45, 7) is 4.49. The maximum Gasteiger partial charge on any atom is 1.00 e. The van der Waals surface area contributed by atoms with Crippen molar-refractivity contribution in [2.75, 3.05) is 12.9 Å². The van der Waals surface area contributed by atoms with Crippen LogP contribution in [0.3, 0.4) is 0 Å². The third kappa shape index (κ3) is 19.2. The van der Waals surface area contributed by atoms with Crippen molar-refractivity contribution in [2.45, 2.75) is 6.92 Å². The van der Waals surface area contributed by atoms with E-state index in [1.165, 1.54) is 6.92 Å². The number of carboxylic acids is 1. The van der Waals surface area contributed by atoms with Gasteiger partial charge in [0.05, 0.1) is 12.9 Å². The summed E-state index contributed by atoms with van der Waals surface area (Å²) < 4.78 is 24.4. The fourth-order valence-electron chi connectivity index (χ4n) is 0.118. The van der Waals surface area contributed by atoms with Crippen LogP contribution in [0, 0.1) is 0 Å². The molecule has 0 aromatic rings. The second kappa shape index (κ2) is 10.8. The van der Waals surface area contributed by atoms with Crippen LogP contribution in [0.4, 0.5) is 0 Å². The van der Waals surface area contributed by atoms with Gasteiger partial charge < -0.3 is 6.53 Å². The molecular weight excluding hydrogens is 223 g/mol. The zero-order chi connectivity index (χ0) is 10.2. The van der Waals surface area contributed by atoms with Crippen molar-refractivity contribution in [3.8, 4) is 0 Å². The molecule has 0 bridgehead atoms. The molecule has 0 rings (SSSR count). The van der Waals surface area contributed by atoms with Crippen LogP contribution in [0.2, 0.25) is 0 Å². The minimum Gasteiger partial charge on any atom is -1.00 e. The van der Waals surface area contributed by atoms with Crippen LogP contribution < -0.4 is 51.4 Å². The standard InChI is InChI=1S/C3H8O3S.C3H4O2.K.H/c1-3-7(4,5)6-2;1-2-3(4)5;;/h3H2,1-2H3;2H,1H2,(H,4,5);;/q;;+1;-1. The van der Waals surface area contributed by atoms with Crippen molar-refractivity contribution in [2.24, 2.45) is 0 Å². The number of carbonyl (C=O) groups is 1. The van der Waals surface area contributed by atoms with Gasteiger partial charge in [0.25, 0.3) is 10.1 Å². The van der Waals surface area contributed by atoms with Crippen LogP contribution in [-0.4, -0.2) is 32.4 Å². The van der Waals surface area contributed by atoms with E-state index in [4.69, 9.17) is 5.11 Å². The van der Waals surface area contributed by atoms with E-state index in [0.717, 1.165) is 13.2 Å². The molecule has 0 amide bonds. The molecule has 0 aliphatic carbocycles. The molecule has 0 fully saturated rings. The molecule has 0 unspecified atom stereocenters. The molecule has 0 heterocycles. The van der Waals surface area contributed by atoms with Gasteiger partial charge in [-0.05, 0) is 6.92 Å². The Hall–Kier alpha value is 0.756. The summed E-state index contributed by atoms with van der Waals surface area (Å²) >= 11 is 0. The first-order chi connectivity index (χ1) is 5.39. The number of carboxylic acid groups (broad SMARTS) is 1. The molecule has 0 aromatic carbocycles. The third-order valence-electron chi connectivity index (χ3n) is 0.782. The predicted molar refractivity (Wildman–Crippen MR) is 45.4 cm³/mol. The monoisotopic (exact) mass is 236 g/mol. The average molecular weight is 236 g/mol. The van der Waals surface area contributed by atoms with Gasteiger partial charge in [-0.2, -0.15) is 8.42 Å². The quantitative estimate of drug-likeness (QED) is 0.329. The normalized spacial score (nSPS) is 8.77. The van der Waals surface area contributed by atoms with Crippen molar-refractivity contribution in [3.63, 3.8) is 0 Å². The third-order valence-corrected chi connectivity index (χ3v) is 2.00. The number of hydrogen-bond donors (Lipinski definition) is 1. The van der Waals surface area contributed by atoms with E-state index in [1.807, 2.05) is 0 Å². The van der Waals surface area contributed by atoms with E-state index < -0.39 is 16.1 Å². The Morgan fingerprint density at radius 1 is 1.69 bits per heavy atom. The molecule has 13 heavy (non-hydrogen) atoms. The average Bonchev–Trinajstić information content (AvgIpc) is 2.05. The molecule has 74 valence electrons. The Balaban J connectivity index is -0.0000000651. The molecule has 0 aromatic heterocycles. The molecular formula is C6H13KO5S. The van der Waals surface area contributed by atoms with Gasteiger partial charge in [0.2, 0.25) is 0 Å². The fourth-order valence-corrected chi connectivity index (χ4v) is 0.354. The fraction of sp³-hybridized carbons (Fsp3) is 0.500. The van der Waals surface area contributed by atoms with Gasteiger partial charge in [0, 0.05) is 6.08 Å². The minimum absolute atomic E-state index is 0. The largest absolute Gasteiger partial charge is 1.00 e. The van der Waals surface area contributed by atoms with Gasteiger partial charge in [-0.25, -0.2) is 4.79 Å². The van der Waals surface area contributed by atoms with Crippen molar-refractivity contribution in [1.82, 2.24) is 0 Å². The van der Waals surface area contributed by atoms with E-state index >= 15 is 0 Å². The maximum atomic E-state index is 10.1. The van der Waals surface area contributed by atoms with Gasteiger partial charge in [0.1, 0.15) is 0 Å². The second-order valence-corrected chi connectivity index (χ2v) is 3.58.